The van der Waals surface area contributed by atoms with E-state index in [2.05, 4.69) is 33.1 Å². The monoisotopic (exact) mass is 1160 g/mol. The summed E-state index contributed by atoms with van der Waals surface area (Å²) in [5, 5.41) is 10.5. The summed E-state index contributed by atoms with van der Waals surface area (Å²) in [6.07, 6.45) is 2.03. The van der Waals surface area contributed by atoms with E-state index in [0.717, 1.165) is 35.5 Å². The molecule has 9 amide bonds. The van der Waals surface area contributed by atoms with Crippen molar-refractivity contribution in [2.24, 2.45) is 11.7 Å². The number of carbonyl (C=O) groups is 9. The van der Waals surface area contributed by atoms with E-state index >= 15 is 0 Å². The number of benzene rings is 4. The van der Waals surface area contributed by atoms with E-state index in [1.54, 1.807) is 65.6 Å². The molecule has 0 spiro atoms. The number of carbonyl (C=O) groups excluding carboxylic acids is 9. The lowest BCUT2D eigenvalue weighted by molar-refractivity contribution is -0.139. The molecule has 1 unspecified atom stereocenters. The van der Waals surface area contributed by atoms with Crippen LogP contribution in [0.4, 0.5) is 19.3 Å². The maximum atomic E-state index is 14.6. The smallest absolute Gasteiger partial charge is 0.404 e. The fourth-order valence-electron chi connectivity index (χ4n) is 11.3. The molecule has 0 radical (unpaired) electrons. The molecule has 0 bridgehead atoms. The largest absolute Gasteiger partial charge is 0.447 e. The lowest BCUT2D eigenvalue weighted by Gasteiger charge is -2.35. The summed E-state index contributed by atoms with van der Waals surface area (Å²) in [4.78, 5) is 144. The number of nitrogens with one attached hydrogen (secondary N) is 4. The molecule has 25 heteroatoms. The number of thiophene rings is 1. The number of ether oxygens (including phenoxy) is 1. The Morgan fingerprint density at radius 1 is 0.890 bits per heavy atom. The number of anilines is 1. The Hall–Kier alpha value is -8.36. The zero-order chi connectivity index (χ0) is 58.2. The Morgan fingerprint density at radius 2 is 1.63 bits per heavy atom. The summed E-state index contributed by atoms with van der Waals surface area (Å²) in [5.74, 6) is 1.92. The van der Waals surface area contributed by atoms with Gasteiger partial charge in [0.2, 0.25) is 35.4 Å². The molecule has 2 fully saturated rings. The van der Waals surface area contributed by atoms with Crippen molar-refractivity contribution in [1.29, 1.82) is 0 Å². The number of piperidine rings is 2. The number of fused-ring (bicyclic) bond motifs is 2. The lowest BCUT2D eigenvalue weighted by Crippen LogP contribution is -2.59. The Kier molecular flexibility index (Phi) is 16.1. The number of rotatable bonds is 15. The second kappa shape index (κ2) is 23.2. The zero-order valence-electron chi connectivity index (χ0n) is 43.7. The first-order valence-corrected chi connectivity index (χ1v) is 28.9. The average Bonchev–Trinajstić information content (AvgIpc) is 4.07. The SMILES string of the molecule is NC(=O)OC[C@H](NC(=O)[C@@H]1Cc2cccc3c2N1C(=O)[C@@H](NC(=O)c1cc2cc(C(F)(F)P(=O)(O)O)ccc2s1)CC3)C(=O)N[C@H](C(=O)N1CCC(CCC#Cc2cccc3c2CN(C2CCC(=O)NC2=O)C3=O)CC1)c1ccccc1. The highest BCUT2D eigenvalue weighted by atomic mass is 32.1. The fraction of sp³-hybridized carbons (Fsp3) is 0.351. The van der Waals surface area contributed by atoms with E-state index in [0.29, 0.717) is 70.6 Å². The molecule has 5 aromatic rings. The van der Waals surface area contributed by atoms with Gasteiger partial charge in [0.05, 0.1) is 10.6 Å². The number of alkyl halides is 2. The molecule has 0 aliphatic carbocycles. The Morgan fingerprint density at radius 3 is 2.37 bits per heavy atom. The molecule has 4 aromatic carbocycles. The lowest BCUT2D eigenvalue weighted by atomic mass is 9.91. The van der Waals surface area contributed by atoms with Crippen molar-refractivity contribution in [3.05, 3.63) is 135 Å². The Bertz CT molecular complexity index is 3580. The van der Waals surface area contributed by atoms with Gasteiger partial charge in [-0.05, 0) is 102 Å². The van der Waals surface area contributed by atoms with Crippen LogP contribution in [0.25, 0.3) is 10.1 Å². The highest BCUT2D eigenvalue weighted by molar-refractivity contribution is 7.52. The van der Waals surface area contributed by atoms with Gasteiger partial charge in [-0.25, -0.2) is 4.79 Å². The van der Waals surface area contributed by atoms with Crippen LogP contribution >= 0.6 is 18.9 Å². The van der Waals surface area contributed by atoms with Gasteiger partial charge >= 0.3 is 19.4 Å². The number of imide groups is 1. The van der Waals surface area contributed by atoms with Gasteiger partial charge in [-0.2, -0.15) is 8.78 Å². The third-order valence-electron chi connectivity index (χ3n) is 15.6. The summed E-state index contributed by atoms with van der Waals surface area (Å²) < 4.78 is 46.1. The van der Waals surface area contributed by atoms with Gasteiger partial charge in [-0.3, -0.25) is 53.1 Å². The molecular formula is C57H55F2N8O13PS. The van der Waals surface area contributed by atoms with Crippen LogP contribution in [-0.4, -0.2) is 117 Å². The minimum atomic E-state index is -5.88. The molecule has 2 saturated heterocycles. The molecule has 21 nitrogen and oxygen atoms in total. The van der Waals surface area contributed by atoms with Crippen LogP contribution in [0.2, 0.25) is 0 Å². The molecule has 5 atom stereocenters. The van der Waals surface area contributed by atoms with E-state index in [9.17, 15) is 66.3 Å². The van der Waals surface area contributed by atoms with Gasteiger partial charge in [0, 0.05) is 60.3 Å². The molecule has 82 heavy (non-hydrogen) atoms. The second-order valence-electron chi connectivity index (χ2n) is 20.8. The number of para-hydroxylation sites is 1. The first-order chi connectivity index (χ1) is 39.2. The normalized spacial score (nSPS) is 19.7. The Balaban J connectivity index is 0.788. The molecule has 8 N–H and O–H groups in total. The summed E-state index contributed by atoms with van der Waals surface area (Å²) in [5.41, 5.74) is 3.98. The van der Waals surface area contributed by atoms with Crippen molar-refractivity contribution >= 4 is 88.1 Å². The molecular weight excluding hydrogens is 1110 g/mol. The average molecular weight is 1160 g/mol. The fourth-order valence-corrected chi connectivity index (χ4v) is 12.7. The number of primary amides is 1. The van der Waals surface area contributed by atoms with Crippen molar-refractivity contribution in [2.45, 2.75) is 100 Å². The zero-order valence-corrected chi connectivity index (χ0v) is 45.4. The van der Waals surface area contributed by atoms with Crippen LogP contribution in [0.3, 0.4) is 0 Å². The maximum Gasteiger partial charge on any atom is 0.404 e. The van der Waals surface area contributed by atoms with Crippen molar-refractivity contribution in [1.82, 2.24) is 31.1 Å². The molecule has 10 rings (SSSR count). The van der Waals surface area contributed by atoms with Crippen LogP contribution in [0.1, 0.15) is 104 Å². The number of nitrogens with zero attached hydrogens (tertiary/aromatic N) is 3. The molecule has 1 aromatic heterocycles. The van der Waals surface area contributed by atoms with Gasteiger partial charge in [0.25, 0.3) is 11.8 Å². The van der Waals surface area contributed by atoms with E-state index < -0.39 is 97.2 Å². The van der Waals surface area contributed by atoms with Gasteiger partial charge in [-0.15, -0.1) is 11.3 Å². The van der Waals surface area contributed by atoms with E-state index in [1.807, 2.05) is 6.07 Å². The number of amides is 9. The third kappa shape index (κ3) is 11.6. The van der Waals surface area contributed by atoms with Crippen molar-refractivity contribution in [3.63, 3.8) is 0 Å². The molecule has 5 aliphatic rings. The van der Waals surface area contributed by atoms with Crippen molar-refractivity contribution in [3.8, 4) is 11.8 Å². The summed E-state index contributed by atoms with van der Waals surface area (Å²) in [7, 11) is -5.88. The topological polar surface area (TPSA) is 304 Å². The van der Waals surface area contributed by atoms with Gasteiger partial charge in [-0.1, -0.05) is 72.5 Å². The van der Waals surface area contributed by atoms with Gasteiger partial charge in [0.1, 0.15) is 36.8 Å². The van der Waals surface area contributed by atoms with Crippen LogP contribution in [0.5, 0.6) is 0 Å². The summed E-state index contributed by atoms with van der Waals surface area (Å²) in [6.45, 7) is 0.161. The van der Waals surface area contributed by atoms with Gasteiger partial charge < -0.3 is 46.0 Å². The van der Waals surface area contributed by atoms with E-state index in [4.69, 9.17) is 10.5 Å². The highest BCUT2D eigenvalue weighted by Gasteiger charge is 2.51. The summed E-state index contributed by atoms with van der Waals surface area (Å²) >= 11 is 0.902. The van der Waals surface area contributed by atoms with Crippen molar-refractivity contribution in [2.75, 3.05) is 24.6 Å². The summed E-state index contributed by atoms with van der Waals surface area (Å²) in [6, 6.07) is 17.1. The first-order valence-electron chi connectivity index (χ1n) is 26.5. The van der Waals surface area contributed by atoms with Crippen LogP contribution < -0.4 is 31.9 Å². The number of likely N-dealkylation sites (tertiary alicyclic amines) is 1. The standard InChI is InChI=1S/C57H55F2N8O13PS/c58-57(59,81(77,78)79)37-17-20-44-36(26-37)28-45(82-44)52(72)61-40-18-16-34-13-6-14-35-27-43(67(48(34)35)54(40)74)51(71)62-41(30-80-56(60)76)49(69)64-47(33-10-2-1-3-11-33)55(75)65-24-22-31(23-25-65)8-4-5-9-32-12-7-15-38-39(32)29-66(53(38)73)42-19-21-46(68)63-50(42)70/h1-3,6-7,10-15,17,20,26,28,31,40-43,47H,4,8,16,18-19,21-25,27,29-30H2,(H2,60,76)(H,61,72)(H,62,71)(H,64,69)(H,63,68,70)(H2,77,78,79)/t40-,41-,42?,43-,47-/m0/s1. The molecule has 5 aliphatic heterocycles. The third-order valence-corrected chi connectivity index (χ3v) is 17.7. The van der Waals surface area contributed by atoms with Crippen LogP contribution in [0, 0.1) is 17.8 Å². The van der Waals surface area contributed by atoms with E-state index in [1.165, 1.54) is 21.9 Å². The number of halogens is 2. The minimum Gasteiger partial charge on any atom is -0.447 e. The molecule has 0 saturated carbocycles. The minimum absolute atomic E-state index is 0.00763. The Labute approximate surface area is 471 Å². The maximum absolute atomic E-state index is 14.6. The predicted molar refractivity (Wildman–Crippen MR) is 291 cm³/mol. The van der Waals surface area contributed by atoms with E-state index in [-0.39, 0.29) is 66.6 Å². The van der Waals surface area contributed by atoms with Crippen molar-refractivity contribution < 1.29 is 71.0 Å². The number of hydrogen-bond donors (Lipinski definition) is 7. The number of aryl methyl sites for hydroxylation is 1. The quantitative estimate of drug-likeness (QED) is 0.0435. The molecule has 426 valence electrons. The first kappa shape index (κ1) is 56.9. The number of nitrogens with two attached hydrogens (primary N) is 1. The second-order valence-corrected chi connectivity index (χ2v) is 23.5. The molecule has 6 heterocycles. The van der Waals surface area contributed by atoms with Gasteiger partial charge in [0.15, 0.2) is 0 Å². The highest BCUT2D eigenvalue weighted by Crippen LogP contribution is 2.59. The van der Waals surface area contributed by atoms with Crippen LogP contribution in [-0.2, 0) is 63.1 Å². The van der Waals surface area contributed by atoms with Crippen LogP contribution in [0.15, 0.2) is 91.0 Å². The predicted octanol–water partition coefficient (Wildman–Crippen LogP) is 4.40. The number of hydrogen-bond acceptors (Lipinski definition) is 12.